The summed E-state index contributed by atoms with van der Waals surface area (Å²) in [5.74, 6) is -0.0262. The molecule has 2 aromatic carbocycles. The van der Waals surface area contributed by atoms with Crippen molar-refractivity contribution in [2.24, 2.45) is 0 Å². The molecule has 0 radical (unpaired) electrons. The number of benzene rings is 2. The van der Waals surface area contributed by atoms with E-state index in [-0.39, 0.29) is 29.1 Å². The molecule has 0 aliphatic carbocycles. The molecule has 0 unspecified atom stereocenters. The van der Waals surface area contributed by atoms with Gasteiger partial charge in [-0.25, -0.2) is 0 Å². The van der Waals surface area contributed by atoms with Crippen LogP contribution in [0.15, 0.2) is 42.5 Å². The van der Waals surface area contributed by atoms with E-state index in [9.17, 15) is 9.90 Å². The molecular formula is C19H22NO2-. The Morgan fingerprint density at radius 2 is 1.45 bits per heavy atom. The van der Waals surface area contributed by atoms with Gasteiger partial charge in [0.2, 0.25) is 0 Å². The zero-order chi connectivity index (χ0) is 16.3. The van der Waals surface area contributed by atoms with Crippen molar-refractivity contribution in [2.45, 2.75) is 39.5 Å². The number of carbonyl (C=O) groups excluding carboxylic acids is 1. The molecule has 0 spiro atoms. The minimum atomic E-state index is -0.347. The molecule has 2 rings (SSSR count). The minimum absolute atomic E-state index is 0.177. The van der Waals surface area contributed by atoms with E-state index in [1.807, 2.05) is 18.2 Å². The smallest absolute Gasteiger partial charge is 0.255 e. The lowest BCUT2D eigenvalue weighted by Crippen LogP contribution is -2.17. The van der Waals surface area contributed by atoms with Gasteiger partial charge >= 0.3 is 0 Å². The third-order valence-corrected chi connectivity index (χ3v) is 3.74. The fourth-order valence-electron chi connectivity index (χ4n) is 2.53. The summed E-state index contributed by atoms with van der Waals surface area (Å²) in [6.07, 6.45) is 0. The van der Waals surface area contributed by atoms with Crippen LogP contribution in [-0.4, -0.2) is 5.91 Å². The Hall–Kier alpha value is -2.29. The van der Waals surface area contributed by atoms with E-state index in [1.54, 1.807) is 18.2 Å². The fourth-order valence-corrected chi connectivity index (χ4v) is 2.53. The molecule has 1 amide bonds. The predicted molar refractivity (Wildman–Crippen MR) is 88.5 cm³/mol. The van der Waals surface area contributed by atoms with Crippen LogP contribution < -0.4 is 10.4 Å². The van der Waals surface area contributed by atoms with Gasteiger partial charge in [-0.05, 0) is 23.0 Å². The highest BCUT2D eigenvalue weighted by Gasteiger charge is 2.16. The Labute approximate surface area is 132 Å². The van der Waals surface area contributed by atoms with Crippen molar-refractivity contribution in [1.29, 1.82) is 0 Å². The summed E-state index contributed by atoms with van der Waals surface area (Å²) in [4.78, 5) is 12.5. The minimum Gasteiger partial charge on any atom is -0.872 e. The maximum absolute atomic E-state index is 12.5. The molecule has 0 heterocycles. The highest BCUT2D eigenvalue weighted by molar-refractivity contribution is 6.06. The molecule has 2 aromatic rings. The summed E-state index contributed by atoms with van der Waals surface area (Å²) < 4.78 is 0. The molecule has 0 atom stereocenters. The molecule has 3 nitrogen and oxygen atoms in total. The second-order valence-electron chi connectivity index (χ2n) is 6.07. The van der Waals surface area contributed by atoms with Gasteiger partial charge in [0, 0.05) is 11.3 Å². The molecule has 0 fully saturated rings. The van der Waals surface area contributed by atoms with Crippen molar-refractivity contribution in [3.63, 3.8) is 0 Å². The van der Waals surface area contributed by atoms with Crippen LogP contribution in [0.2, 0.25) is 0 Å². The first kappa shape index (κ1) is 16.1. The van der Waals surface area contributed by atoms with Crippen LogP contribution in [0.5, 0.6) is 5.75 Å². The van der Waals surface area contributed by atoms with E-state index in [1.165, 1.54) is 6.07 Å². The summed E-state index contributed by atoms with van der Waals surface area (Å²) in [5, 5.41) is 14.8. The van der Waals surface area contributed by atoms with E-state index < -0.39 is 0 Å². The van der Waals surface area contributed by atoms with Crippen molar-refractivity contribution in [2.75, 3.05) is 5.32 Å². The SMILES string of the molecule is CC(C)c1cccc(C(C)C)c1NC(=O)c1ccccc1[O-]. The van der Waals surface area contributed by atoms with E-state index >= 15 is 0 Å². The molecule has 1 N–H and O–H groups in total. The number of rotatable bonds is 4. The first-order valence-electron chi connectivity index (χ1n) is 7.62. The predicted octanol–water partition coefficient (Wildman–Crippen LogP) is 4.26. The van der Waals surface area contributed by atoms with Crippen LogP contribution in [0.25, 0.3) is 0 Å². The Morgan fingerprint density at radius 3 is 1.95 bits per heavy atom. The molecule has 0 aromatic heterocycles. The number of nitrogens with one attached hydrogen (secondary N) is 1. The van der Waals surface area contributed by atoms with Crippen LogP contribution in [-0.2, 0) is 0 Å². The van der Waals surface area contributed by atoms with E-state index in [4.69, 9.17) is 0 Å². The molecule has 0 saturated heterocycles. The summed E-state index contributed by atoms with van der Waals surface area (Å²) in [6, 6.07) is 12.4. The highest BCUT2D eigenvalue weighted by atomic mass is 16.3. The Morgan fingerprint density at radius 1 is 0.909 bits per heavy atom. The quantitative estimate of drug-likeness (QED) is 0.916. The maximum Gasteiger partial charge on any atom is 0.255 e. The Balaban J connectivity index is 2.44. The van der Waals surface area contributed by atoms with Crippen LogP contribution >= 0.6 is 0 Å². The lowest BCUT2D eigenvalue weighted by atomic mass is 9.92. The van der Waals surface area contributed by atoms with Crippen LogP contribution in [0.4, 0.5) is 5.69 Å². The lowest BCUT2D eigenvalue weighted by Gasteiger charge is -2.21. The van der Waals surface area contributed by atoms with Crippen molar-refractivity contribution in [3.05, 3.63) is 59.2 Å². The Bertz CT molecular complexity index is 649. The number of amides is 1. The van der Waals surface area contributed by atoms with Crippen molar-refractivity contribution in [1.82, 2.24) is 0 Å². The average molecular weight is 296 g/mol. The topological polar surface area (TPSA) is 52.2 Å². The molecule has 0 bridgehead atoms. The standard InChI is InChI=1S/C19H23NO2/c1-12(2)14-9-7-10-15(13(3)4)18(14)20-19(22)16-8-5-6-11-17(16)21/h5-13,21H,1-4H3,(H,20,22)/p-1. The van der Waals surface area contributed by atoms with Crippen molar-refractivity contribution >= 4 is 11.6 Å². The monoisotopic (exact) mass is 296 g/mol. The number of para-hydroxylation sites is 2. The van der Waals surface area contributed by atoms with Gasteiger partial charge in [-0.2, -0.15) is 0 Å². The van der Waals surface area contributed by atoms with Crippen LogP contribution in [0.3, 0.4) is 0 Å². The second-order valence-corrected chi connectivity index (χ2v) is 6.07. The van der Waals surface area contributed by atoms with Crippen LogP contribution in [0, 0.1) is 0 Å². The summed E-state index contributed by atoms with van der Waals surface area (Å²) >= 11 is 0. The van der Waals surface area contributed by atoms with Crippen molar-refractivity contribution < 1.29 is 9.90 Å². The molecule has 3 heteroatoms. The highest BCUT2D eigenvalue weighted by Crippen LogP contribution is 2.33. The van der Waals surface area contributed by atoms with Gasteiger partial charge in [-0.15, -0.1) is 0 Å². The number of hydrogen-bond donors (Lipinski definition) is 1. The average Bonchev–Trinajstić information content (AvgIpc) is 2.47. The van der Waals surface area contributed by atoms with Gasteiger partial charge in [0.1, 0.15) is 0 Å². The second kappa shape index (κ2) is 6.65. The number of anilines is 1. The first-order valence-corrected chi connectivity index (χ1v) is 7.62. The van der Waals surface area contributed by atoms with Gasteiger partial charge in [0.15, 0.2) is 0 Å². The third-order valence-electron chi connectivity index (χ3n) is 3.74. The molecular weight excluding hydrogens is 274 g/mol. The van der Waals surface area contributed by atoms with Gasteiger partial charge in [0.25, 0.3) is 5.91 Å². The molecule has 116 valence electrons. The number of carbonyl (C=O) groups is 1. The van der Waals surface area contributed by atoms with Gasteiger partial charge in [-0.1, -0.05) is 75.9 Å². The summed E-state index contributed by atoms with van der Waals surface area (Å²) in [7, 11) is 0. The fraction of sp³-hybridized carbons (Fsp3) is 0.316. The van der Waals surface area contributed by atoms with E-state index in [0.29, 0.717) is 0 Å². The van der Waals surface area contributed by atoms with Gasteiger partial charge in [0.05, 0.1) is 0 Å². The summed E-state index contributed by atoms with van der Waals surface area (Å²) in [5.41, 5.74) is 3.18. The summed E-state index contributed by atoms with van der Waals surface area (Å²) in [6.45, 7) is 8.38. The number of hydrogen-bond acceptors (Lipinski definition) is 2. The normalized spacial score (nSPS) is 11.0. The maximum atomic E-state index is 12.5. The first-order chi connectivity index (χ1) is 10.4. The van der Waals surface area contributed by atoms with Gasteiger partial charge in [-0.3, -0.25) is 4.79 Å². The van der Waals surface area contributed by atoms with Crippen LogP contribution in [0.1, 0.15) is 61.0 Å². The zero-order valence-electron chi connectivity index (χ0n) is 13.5. The molecule has 0 aliphatic heterocycles. The molecule has 22 heavy (non-hydrogen) atoms. The lowest BCUT2D eigenvalue weighted by molar-refractivity contribution is -0.268. The third kappa shape index (κ3) is 3.30. The van der Waals surface area contributed by atoms with Crippen molar-refractivity contribution in [3.8, 4) is 5.75 Å². The molecule has 0 aliphatic rings. The molecule has 0 saturated carbocycles. The van der Waals surface area contributed by atoms with Gasteiger partial charge < -0.3 is 10.4 Å². The van der Waals surface area contributed by atoms with E-state index in [2.05, 4.69) is 33.0 Å². The largest absolute Gasteiger partial charge is 0.872 e. The van der Waals surface area contributed by atoms with E-state index in [0.717, 1.165) is 16.8 Å². The zero-order valence-corrected chi connectivity index (χ0v) is 13.5. The Kier molecular flexibility index (Phi) is 4.86.